The molecule has 1 amide bonds. The van der Waals surface area contributed by atoms with Gasteiger partial charge in [0.15, 0.2) is 6.04 Å². The molecule has 1 aliphatic carbocycles. The highest BCUT2D eigenvalue weighted by molar-refractivity contribution is 5.81. The summed E-state index contributed by atoms with van der Waals surface area (Å²) >= 11 is 0. The molecule has 19 heavy (non-hydrogen) atoms. The summed E-state index contributed by atoms with van der Waals surface area (Å²) in [4.78, 5) is 23.5. The van der Waals surface area contributed by atoms with Crippen LogP contribution in [0.4, 0.5) is 13.6 Å². The lowest BCUT2D eigenvalue weighted by Gasteiger charge is -2.33. The third-order valence-electron chi connectivity index (χ3n) is 2.91. The van der Waals surface area contributed by atoms with Crippen LogP contribution in [-0.2, 0) is 14.3 Å². The highest BCUT2D eigenvalue weighted by atomic mass is 19.3. The first-order valence-electron chi connectivity index (χ1n) is 5.79. The quantitative estimate of drug-likeness (QED) is 0.777. The fourth-order valence-corrected chi connectivity index (χ4v) is 2.03. The Bertz CT molecular complexity index is 420. The summed E-state index contributed by atoms with van der Waals surface area (Å²) in [6.07, 6.45) is -2.49. The van der Waals surface area contributed by atoms with E-state index in [1.165, 1.54) is 0 Å². The van der Waals surface area contributed by atoms with Crippen molar-refractivity contribution in [1.82, 2.24) is 4.90 Å². The highest BCUT2D eigenvalue weighted by Gasteiger charge is 2.77. The summed E-state index contributed by atoms with van der Waals surface area (Å²) in [6.45, 7) is 4.25. The first-order valence-corrected chi connectivity index (χ1v) is 5.79. The Labute approximate surface area is 108 Å². The van der Waals surface area contributed by atoms with Crippen molar-refractivity contribution < 1.29 is 33.0 Å². The number of aliphatic carboxylic acids is 1. The molecule has 108 valence electrons. The molecule has 0 radical (unpaired) electrons. The molecule has 1 saturated heterocycles. The summed E-state index contributed by atoms with van der Waals surface area (Å²) in [5.41, 5.74) is -0.891. The fourth-order valence-electron chi connectivity index (χ4n) is 2.03. The van der Waals surface area contributed by atoms with Crippen molar-refractivity contribution in [2.75, 3.05) is 6.61 Å². The van der Waals surface area contributed by atoms with Crippen LogP contribution in [0, 0.1) is 0 Å². The molecule has 0 bridgehead atoms. The maximum Gasteiger partial charge on any atom is 0.411 e. The van der Waals surface area contributed by atoms with Crippen molar-refractivity contribution in [1.29, 1.82) is 0 Å². The predicted molar refractivity (Wildman–Crippen MR) is 58.0 cm³/mol. The monoisotopic (exact) mass is 279 g/mol. The summed E-state index contributed by atoms with van der Waals surface area (Å²) in [5.74, 6) is -4.62. The minimum absolute atomic E-state index is 0.467. The van der Waals surface area contributed by atoms with E-state index in [0.717, 1.165) is 0 Å². The minimum atomic E-state index is -3.22. The summed E-state index contributed by atoms with van der Waals surface area (Å²) in [6, 6.07) is -3.01. The zero-order chi connectivity index (χ0) is 14.6. The van der Waals surface area contributed by atoms with Gasteiger partial charge >= 0.3 is 12.1 Å². The van der Waals surface area contributed by atoms with Crippen molar-refractivity contribution in [3.05, 3.63) is 0 Å². The van der Waals surface area contributed by atoms with Gasteiger partial charge in [-0.2, -0.15) is 0 Å². The molecular formula is C11H15F2NO5. The largest absolute Gasteiger partial charge is 0.480 e. The summed E-state index contributed by atoms with van der Waals surface area (Å²) in [7, 11) is 0. The van der Waals surface area contributed by atoms with Gasteiger partial charge in [-0.1, -0.05) is 0 Å². The van der Waals surface area contributed by atoms with Crippen LogP contribution in [0.5, 0.6) is 0 Å². The zero-order valence-corrected chi connectivity index (χ0v) is 10.7. The van der Waals surface area contributed by atoms with Crippen molar-refractivity contribution in [2.24, 2.45) is 0 Å². The van der Waals surface area contributed by atoms with Gasteiger partial charge in [0.1, 0.15) is 17.7 Å². The number of halogens is 2. The molecule has 2 aliphatic rings. The van der Waals surface area contributed by atoms with Crippen LogP contribution >= 0.6 is 0 Å². The third kappa shape index (κ3) is 2.36. The number of fused-ring (bicyclic) bond motifs is 1. The Morgan fingerprint density at radius 3 is 2.47 bits per heavy atom. The number of amides is 1. The van der Waals surface area contributed by atoms with Crippen LogP contribution in [0.25, 0.3) is 0 Å². The smallest absolute Gasteiger partial charge is 0.411 e. The van der Waals surface area contributed by atoms with Gasteiger partial charge in [-0.15, -0.1) is 0 Å². The first-order chi connectivity index (χ1) is 8.55. The first kappa shape index (κ1) is 14.0. The van der Waals surface area contributed by atoms with Crippen LogP contribution in [0.1, 0.15) is 20.8 Å². The lowest BCUT2D eigenvalue weighted by atomic mass is 10.2. The van der Waals surface area contributed by atoms with E-state index in [1.807, 2.05) is 0 Å². The topological polar surface area (TPSA) is 76.1 Å². The van der Waals surface area contributed by atoms with E-state index in [9.17, 15) is 18.4 Å². The molecule has 1 aliphatic heterocycles. The van der Waals surface area contributed by atoms with Crippen LogP contribution < -0.4 is 0 Å². The van der Waals surface area contributed by atoms with E-state index in [-0.39, 0.29) is 0 Å². The number of carboxylic acid groups (broad SMARTS) is 1. The number of ether oxygens (including phenoxy) is 2. The van der Waals surface area contributed by atoms with Gasteiger partial charge in [0.25, 0.3) is 5.92 Å². The number of carbonyl (C=O) groups excluding carboxylic acids is 1. The second kappa shape index (κ2) is 4.03. The highest BCUT2D eigenvalue weighted by Crippen LogP contribution is 2.51. The van der Waals surface area contributed by atoms with Gasteiger partial charge in [0.2, 0.25) is 0 Å². The van der Waals surface area contributed by atoms with Gasteiger partial charge in [-0.25, -0.2) is 18.4 Å². The molecule has 2 fully saturated rings. The van der Waals surface area contributed by atoms with E-state index in [1.54, 1.807) is 20.8 Å². The Kier molecular flexibility index (Phi) is 2.96. The molecule has 6 nitrogen and oxygen atoms in total. The molecular weight excluding hydrogens is 264 g/mol. The molecule has 0 aromatic rings. The predicted octanol–water partition coefficient (Wildman–Crippen LogP) is 1.09. The number of hydrogen-bond acceptors (Lipinski definition) is 4. The maximum atomic E-state index is 13.4. The molecule has 1 saturated carbocycles. The van der Waals surface area contributed by atoms with Crippen molar-refractivity contribution in [3.63, 3.8) is 0 Å². The van der Waals surface area contributed by atoms with Crippen LogP contribution in [-0.4, -0.2) is 58.4 Å². The molecule has 0 aromatic heterocycles. The molecule has 3 atom stereocenters. The molecule has 0 aromatic carbocycles. The van der Waals surface area contributed by atoms with Crippen LogP contribution in [0.2, 0.25) is 0 Å². The Morgan fingerprint density at radius 1 is 1.42 bits per heavy atom. The number of morpholine rings is 1. The third-order valence-corrected chi connectivity index (χ3v) is 2.91. The average molecular weight is 279 g/mol. The number of hydrogen-bond donors (Lipinski definition) is 1. The van der Waals surface area contributed by atoms with Gasteiger partial charge in [0.05, 0.1) is 6.61 Å². The lowest BCUT2D eigenvalue weighted by Crippen LogP contribution is -2.54. The second-order valence-electron chi connectivity index (χ2n) is 5.61. The van der Waals surface area contributed by atoms with E-state index < -0.39 is 48.4 Å². The van der Waals surface area contributed by atoms with Gasteiger partial charge in [-0.3, -0.25) is 4.90 Å². The molecule has 0 unspecified atom stereocenters. The van der Waals surface area contributed by atoms with E-state index in [2.05, 4.69) is 0 Å². The SMILES string of the molecule is CC(C)(C)OC(=O)N1[C@H](C(=O)O)CO[C@H]2[C@@H]1C2(F)F. The van der Waals surface area contributed by atoms with E-state index in [4.69, 9.17) is 14.6 Å². The van der Waals surface area contributed by atoms with Crippen LogP contribution in [0.15, 0.2) is 0 Å². The lowest BCUT2D eigenvalue weighted by molar-refractivity contribution is -0.149. The van der Waals surface area contributed by atoms with Crippen molar-refractivity contribution in [2.45, 2.75) is 50.5 Å². The minimum Gasteiger partial charge on any atom is -0.480 e. The molecule has 0 spiro atoms. The number of carbonyl (C=O) groups is 2. The average Bonchev–Trinajstić information content (AvgIpc) is 2.78. The normalized spacial score (nSPS) is 32.5. The Balaban J connectivity index is 2.22. The molecule has 1 heterocycles. The summed E-state index contributed by atoms with van der Waals surface area (Å²) in [5, 5.41) is 8.99. The van der Waals surface area contributed by atoms with Crippen LogP contribution in [0.3, 0.4) is 0 Å². The van der Waals surface area contributed by atoms with Crippen molar-refractivity contribution >= 4 is 12.1 Å². The standard InChI is InChI=1S/C11H15F2NO5/c1-10(2,3)19-9(17)14-5(8(15)16)4-18-7-6(14)11(7,12)13/h5-7H,4H2,1-3H3,(H,15,16)/t5-,6+,7-/m0/s1. The summed E-state index contributed by atoms with van der Waals surface area (Å²) < 4.78 is 36.6. The maximum absolute atomic E-state index is 13.4. The molecule has 1 N–H and O–H groups in total. The van der Waals surface area contributed by atoms with Gasteiger partial charge < -0.3 is 14.6 Å². The van der Waals surface area contributed by atoms with E-state index >= 15 is 0 Å². The number of nitrogens with zero attached hydrogens (tertiary/aromatic N) is 1. The number of rotatable bonds is 1. The fraction of sp³-hybridized carbons (Fsp3) is 0.818. The number of alkyl halides is 2. The Morgan fingerprint density at radius 2 is 2.00 bits per heavy atom. The Hall–Kier alpha value is -1.44. The van der Waals surface area contributed by atoms with Gasteiger partial charge in [-0.05, 0) is 20.8 Å². The number of carboxylic acids is 1. The molecule has 8 heteroatoms. The van der Waals surface area contributed by atoms with Gasteiger partial charge in [0, 0.05) is 0 Å². The molecule has 2 rings (SSSR count). The van der Waals surface area contributed by atoms with Crippen molar-refractivity contribution in [3.8, 4) is 0 Å². The zero-order valence-electron chi connectivity index (χ0n) is 10.7. The second-order valence-corrected chi connectivity index (χ2v) is 5.61. The van der Waals surface area contributed by atoms with E-state index in [0.29, 0.717) is 4.90 Å².